The van der Waals surface area contributed by atoms with Crippen LogP contribution in [0.15, 0.2) is 17.0 Å². The molecule has 0 saturated heterocycles. The van der Waals surface area contributed by atoms with Gasteiger partial charge in [0.15, 0.2) is 12.2 Å². The molecule has 2 heterocycles. The van der Waals surface area contributed by atoms with E-state index < -0.39 is 0 Å². The fourth-order valence-corrected chi connectivity index (χ4v) is 1.41. The lowest BCUT2D eigenvalue weighted by Gasteiger charge is -2.04. The molecule has 2 N–H and O–H groups in total. The van der Waals surface area contributed by atoms with Crippen molar-refractivity contribution >= 4 is 0 Å². The molecule has 6 nitrogen and oxygen atoms in total. The van der Waals surface area contributed by atoms with Gasteiger partial charge in [-0.25, -0.2) is 4.98 Å². The van der Waals surface area contributed by atoms with Crippen molar-refractivity contribution in [2.24, 2.45) is 5.73 Å². The Morgan fingerprint density at radius 1 is 1.47 bits per heavy atom. The lowest BCUT2D eigenvalue weighted by Crippen LogP contribution is -2.08. The Hall–Kier alpha value is -1.69. The fourth-order valence-electron chi connectivity index (χ4n) is 1.41. The maximum Gasteiger partial charge on any atom is 0.201 e. The second-order valence-electron chi connectivity index (χ2n) is 3.23. The lowest BCUT2D eigenvalue weighted by atomic mass is 10.4. The number of hydrogen-bond acceptors (Lipinski definition) is 5. The monoisotopic (exact) mass is 207 g/mol. The molecule has 0 aromatic carbocycles. The summed E-state index contributed by atoms with van der Waals surface area (Å²) in [5.74, 6) is 2.20. The van der Waals surface area contributed by atoms with Crippen LogP contribution in [0.4, 0.5) is 0 Å². The first kappa shape index (κ1) is 9.85. The molecule has 2 rings (SSSR count). The van der Waals surface area contributed by atoms with Gasteiger partial charge in [0.1, 0.15) is 5.82 Å². The largest absolute Gasteiger partial charge is 0.440 e. The molecular formula is C9H13N5O. The van der Waals surface area contributed by atoms with Gasteiger partial charge in [0.25, 0.3) is 0 Å². The van der Waals surface area contributed by atoms with Crippen molar-refractivity contribution in [3.05, 3.63) is 18.4 Å². The van der Waals surface area contributed by atoms with Crippen molar-refractivity contribution < 1.29 is 4.42 Å². The van der Waals surface area contributed by atoms with Crippen LogP contribution in [0.2, 0.25) is 0 Å². The second-order valence-corrected chi connectivity index (χ2v) is 3.23. The molecule has 0 atom stereocenters. The molecule has 0 saturated carbocycles. The number of nitrogens with zero attached hydrogens (tertiary/aromatic N) is 4. The van der Waals surface area contributed by atoms with E-state index in [0.717, 1.165) is 18.8 Å². The van der Waals surface area contributed by atoms with Gasteiger partial charge in [0.2, 0.25) is 5.82 Å². The molecule has 2 aromatic heterocycles. The van der Waals surface area contributed by atoms with E-state index in [1.807, 2.05) is 11.5 Å². The average Bonchev–Trinajstić information content (AvgIpc) is 2.84. The molecule has 80 valence electrons. The molecule has 6 heteroatoms. The second kappa shape index (κ2) is 4.22. The first-order valence-electron chi connectivity index (χ1n) is 4.81. The van der Waals surface area contributed by atoms with Gasteiger partial charge in [0.05, 0.1) is 6.20 Å². The predicted octanol–water partition coefficient (Wildman–Crippen LogP) is 0.590. The predicted molar refractivity (Wildman–Crippen MR) is 53.9 cm³/mol. The first-order valence-corrected chi connectivity index (χ1v) is 4.81. The highest BCUT2D eigenvalue weighted by atomic mass is 16.3. The highest BCUT2D eigenvalue weighted by Gasteiger charge is 2.12. The summed E-state index contributed by atoms with van der Waals surface area (Å²) < 4.78 is 7.17. The van der Waals surface area contributed by atoms with Gasteiger partial charge in [0, 0.05) is 6.54 Å². The molecule has 15 heavy (non-hydrogen) atoms. The summed E-state index contributed by atoms with van der Waals surface area (Å²) in [5, 5.41) is 8.06. The molecule has 0 aliphatic heterocycles. The Bertz CT molecular complexity index is 420. The number of nitrogens with two attached hydrogens (primary N) is 1. The van der Waals surface area contributed by atoms with Gasteiger partial charge in [-0.2, -0.15) is 0 Å². The molecule has 0 aliphatic rings. The highest BCUT2D eigenvalue weighted by Crippen LogP contribution is 2.17. The maximum absolute atomic E-state index is 5.47. The minimum atomic E-state index is 0.632. The summed E-state index contributed by atoms with van der Waals surface area (Å²) in [6.45, 7) is 3.35. The molecule has 2 aromatic rings. The van der Waals surface area contributed by atoms with Crippen LogP contribution in [0.1, 0.15) is 12.2 Å². The minimum Gasteiger partial charge on any atom is -0.440 e. The third-order valence-electron chi connectivity index (χ3n) is 2.17. The van der Waals surface area contributed by atoms with Gasteiger partial charge >= 0.3 is 0 Å². The highest BCUT2D eigenvalue weighted by molar-refractivity contribution is 5.44. The number of rotatable bonds is 4. The molecular weight excluding hydrogens is 194 g/mol. The van der Waals surface area contributed by atoms with Crippen LogP contribution in [-0.4, -0.2) is 26.3 Å². The van der Waals surface area contributed by atoms with Crippen LogP contribution in [-0.2, 0) is 6.54 Å². The zero-order chi connectivity index (χ0) is 10.7. The van der Waals surface area contributed by atoms with Crippen molar-refractivity contribution in [3.8, 4) is 11.6 Å². The number of oxazole rings is 1. The molecule has 0 aliphatic carbocycles. The molecule has 0 spiro atoms. The molecule has 0 unspecified atom stereocenters. The zero-order valence-corrected chi connectivity index (χ0v) is 8.55. The van der Waals surface area contributed by atoms with Crippen LogP contribution in [0.5, 0.6) is 0 Å². The standard InChI is InChI=1S/C9H13N5O/c1-7-12-13-9(8-5-11-6-15-8)14(7)4-2-3-10/h5-6H,2-4,10H2,1H3. The van der Waals surface area contributed by atoms with Gasteiger partial charge in [-0.15, -0.1) is 10.2 Å². The third-order valence-corrected chi connectivity index (χ3v) is 2.17. The van der Waals surface area contributed by atoms with Crippen LogP contribution in [0, 0.1) is 6.92 Å². The van der Waals surface area contributed by atoms with Crippen molar-refractivity contribution in [1.29, 1.82) is 0 Å². The third kappa shape index (κ3) is 1.89. The molecule has 0 bridgehead atoms. The number of aromatic nitrogens is 4. The van der Waals surface area contributed by atoms with E-state index in [-0.39, 0.29) is 0 Å². The summed E-state index contributed by atoms with van der Waals surface area (Å²) in [7, 11) is 0. The lowest BCUT2D eigenvalue weighted by molar-refractivity contribution is 0.555. The fraction of sp³-hybridized carbons (Fsp3) is 0.444. The van der Waals surface area contributed by atoms with Crippen molar-refractivity contribution in [2.45, 2.75) is 19.9 Å². The van der Waals surface area contributed by atoms with Gasteiger partial charge < -0.3 is 14.7 Å². The Morgan fingerprint density at radius 3 is 3.00 bits per heavy atom. The topological polar surface area (TPSA) is 82.8 Å². The Balaban J connectivity index is 2.31. The SMILES string of the molecule is Cc1nnc(-c2cnco2)n1CCCN. The maximum atomic E-state index is 5.47. The number of aryl methyl sites for hydroxylation is 1. The summed E-state index contributed by atoms with van der Waals surface area (Å²) in [5.41, 5.74) is 5.47. The molecule has 0 amide bonds. The Morgan fingerprint density at radius 2 is 2.33 bits per heavy atom. The van der Waals surface area contributed by atoms with Gasteiger partial charge in [-0.05, 0) is 19.9 Å². The number of hydrogen-bond donors (Lipinski definition) is 1. The first-order chi connectivity index (χ1) is 7.33. The van der Waals surface area contributed by atoms with Crippen molar-refractivity contribution in [1.82, 2.24) is 19.7 Å². The zero-order valence-electron chi connectivity index (χ0n) is 8.55. The van der Waals surface area contributed by atoms with Crippen LogP contribution in [0.3, 0.4) is 0 Å². The average molecular weight is 207 g/mol. The van der Waals surface area contributed by atoms with Crippen molar-refractivity contribution in [2.75, 3.05) is 6.54 Å². The van der Waals surface area contributed by atoms with Crippen LogP contribution < -0.4 is 5.73 Å². The van der Waals surface area contributed by atoms with E-state index in [0.29, 0.717) is 18.1 Å². The van der Waals surface area contributed by atoms with E-state index in [2.05, 4.69) is 15.2 Å². The van der Waals surface area contributed by atoms with Gasteiger partial charge in [-0.3, -0.25) is 0 Å². The van der Waals surface area contributed by atoms with Crippen molar-refractivity contribution in [3.63, 3.8) is 0 Å². The van der Waals surface area contributed by atoms with Gasteiger partial charge in [-0.1, -0.05) is 0 Å². The van der Waals surface area contributed by atoms with E-state index in [9.17, 15) is 0 Å². The summed E-state index contributed by atoms with van der Waals surface area (Å²) >= 11 is 0. The quantitative estimate of drug-likeness (QED) is 0.793. The van der Waals surface area contributed by atoms with E-state index >= 15 is 0 Å². The normalized spacial score (nSPS) is 10.8. The Labute approximate surface area is 87.1 Å². The summed E-state index contributed by atoms with van der Waals surface area (Å²) in [6, 6.07) is 0. The van der Waals surface area contributed by atoms with E-state index in [1.54, 1.807) is 6.20 Å². The van der Waals surface area contributed by atoms with Crippen LogP contribution in [0.25, 0.3) is 11.6 Å². The van der Waals surface area contributed by atoms with E-state index in [4.69, 9.17) is 10.2 Å². The molecule has 0 fully saturated rings. The van der Waals surface area contributed by atoms with E-state index in [1.165, 1.54) is 6.39 Å². The Kier molecular flexibility index (Phi) is 2.77. The smallest absolute Gasteiger partial charge is 0.201 e. The minimum absolute atomic E-state index is 0.632. The summed E-state index contributed by atoms with van der Waals surface area (Å²) in [4.78, 5) is 3.86. The molecule has 0 radical (unpaired) electrons. The van der Waals surface area contributed by atoms with Crippen LogP contribution >= 0.6 is 0 Å². The summed E-state index contributed by atoms with van der Waals surface area (Å²) in [6.07, 6.45) is 3.90.